The van der Waals surface area contributed by atoms with Crippen LogP contribution in [-0.2, 0) is 4.79 Å². The fourth-order valence-electron chi connectivity index (χ4n) is 0.430. The molecule has 1 aromatic rings. The number of halogens is 2. The Hall–Kier alpha value is -0.530. The molecule has 0 amide bonds. The number of hydrogen-bond donors (Lipinski definition) is 0. The van der Waals surface area contributed by atoms with E-state index in [2.05, 4.69) is 0 Å². The van der Waals surface area contributed by atoms with Gasteiger partial charge in [-0.3, -0.25) is 0 Å². The van der Waals surface area contributed by atoms with Crippen molar-refractivity contribution in [2.75, 3.05) is 0 Å². The van der Waals surface area contributed by atoms with Crippen LogP contribution < -0.4 is 0 Å². The van der Waals surface area contributed by atoms with Crippen LogP contribution in [0.5, 0.6) is 0 Å². The fraction of sp³-hybridized carbons (Fsp3) is 0.222. The highest BCUT2D eigenvalue weighted by Crippen LogP contribution is 2.12. The number of carbonyl (C=O) groups excluding carboxylic acids is 1. The van der Waals surface area contributed by atoms with Crippen LogP contribution in [0.1, 0.15) is 13.3 Å². The molecule has 1 aromatic carbocycles. The minimum Gasteiger partial charge on any atom is -0.303 e. The number of rotatable bonds is 1. The van der Waals surface area contributed by atoms with Crippen LogP contribution in [0.15, 0.2) is 24.3 Å². The first kappa shape index (κ1) is 11.5. The molecule has 0 saturated heterocycles. The molecule has 0 saturated carbocycles. The molecule has 0 heterocycles. The highest BCUT2D eigenvalue weighted by atomic mass is 35.5. The Morgan fingerprint density at radius 3 is 1.58 bits per heavy atom. The van der Waals surface area contributed by atoms with Crippen LogP contribution in [0.25, 0.3) is 0 Å². The third-order valence-corrected chi connectivity index (χ3v) is 1.47. The third-order valence-electron chi connectivity index (χ3n) is 0.970. The second kappa shape index (κ2) is 7.14. The zero-order valence-corrected chi connectivity index (χ0v) is 8.27. The van der Waals surface area contributed by atoms with Crippen molar-refractivity contribution in [2.45, 2.75) is 13.3 Å². The van der Waals surface area contributed by atoms with Gasteiger partial charge in [0.1, 0.15) is 6.29 Å². The summed E-state index contributed by atoms with van der Waals surface area (Å²) in [6.07, 6.45) is 1.51. The van der Waals surface area contributed by atoms with Crippen molar-refractivity contribution in [3.05, 3.63) is 34.3 Å². The summed E-state index contributed by atoms with van der Waals surface area (Å²) in [5.41, 5.74) is 0. The maximum Gasteiger partial charge on any atom is 0.119 e. The van der Waals surface area contributed by atoms with Gasteiger partial charge in [0.25, 0.3) is 0 Å². The Labute approximate surface area is 82.3 Å². The molecule has 0 aliphatic rings. The normalized spacial score (nSPS) is 8.25. The van der Waals surface area contributed by atoms with Crippen LogP contribution >= 0.6 is 23.2 Å². The third kappa shape index (κ3) is 6.20. The van der Waals surface area contributed by atoms with Crippen LogP contribution in [0.3, 0.4) is 0 Å². The highest BCUT2D eigenvalue weighted by Gasteiger charge is 1.83. The van der Waals surface area contributed by atoms with Gasteiger partial charge in [-0.2, -0.15) is 0 Å². The minimum absolute atomic E-state index is 0.639. The Bertz CT molecular complexity index is 197. The van der Waals surface area contributed by atoms with Crippen molar-refractivity contribution in [3.8, 4) is 0 Å². The first-order valence-corrected chi connectivity index (χ1v) is 4.31. The summed E-state index contributed by atoms with van der Waals surface area (Å²) in [4.78, 5) is 9.17. The molecule has 0 aromatic heterocycles. The summed E-state index contributed by atoms with van der Waals surface area (Å²) < 4.78 is 0. The number of hydrogen-bond acceptors (Lipinski definition) is 1. The van der Waals surface area contributed by atoms with E-state index in [9.17, 15) is 4.79 Å². The van der Waals surface area contributed by atoms with Gasteiger partial charge in [0, 0.05) is 16.5 Å². The van der Waals surface area contributed by atoms with Gasteiger partial charge < -0.3 is 4.79 Å². The Morgan fingerprint density at radius 1 is 1.17 bits per heavy atom. The number of carbonyl (C=O) groups is 1. The fourth-order valence-corrected chi connectivity index (χ4v) is 0.682. The van der Waals surface area contributed by atoms with Crippen molar-refractivity contribution in [3.63, 3.8) is 0 Å². The second-order valence-corrected chi connectivity index (χ2v) is 2.88. The van der Waals surface area contributed by atoms with Gasteiger partial charge in [0.2, 0.25) is 0 Å². The molecule has 0 aliphatic carbocycles. The first-order valence-electron chi connectivity index (χ1n) is 3.55. The quantitative estimate of drug-likeness (QED) is 0.640. The largest absolute Gasteiger partial charge is 0.303 e. The zero-order valence-electron chi connectivity index (χ0n) is 6.76. The van der Waals surface area contributed by atoms with Crippen molar-refractivity contribution in [1.29, 1.82) is 0 Å². The van der Waals surface area contributed by atoms with Crippen molar-refractivity contribution in [2.24, 2.45) is 0 Å². The molecule has 0 fully saturated rings. The minimum atomic E-state index is 0.639. The summed E-state index contributed by atoms with van der Waals surface area (Å²) >= 11 is 11.1. The van der Waals surface area contributed by atoms with Gasteiger partial charge in [0.05, 0.1) is 0 Å². The summed E-state index contributed by atoms with van der Waals surface area (Å²) in [6.45, 7) is 1.81. The molecule has 3 heteroatoms. The average molecular weight is 205 g/mol. The van der Waals surface area contributed by atoms with Gasteiger partial charge in [-0.15, -0.1) is 0 Å². The molecule has 12 heavy (non-hydrogen) atoms. The van der Waals surface area contributed by atoms with E-state index in [1.165, 1.54) is 0 Å². The molecule has 0 spiro atoms. The van der Waals surface area contributed by atoms with E-state index in [0.717, 1.165) is 16.3 Å². The number of benzene rings is 1. The van der Waals surface area contributed by atoms with Crippen molar-refractivity contribution >= 4 is 29.5 Å². The topological polar surface area (TPSA) is 17.1 Å². The molecule has 1 rings (SSSR count). The van der Waals surface area contributed by atoms with Crippen LogP contribution in [0.4, 0.5) is 0 Å². The van der Waals surface area contributed by atoms with Gasteiger partial charge in [-0.05, 0) is 24.3 Å². The lowest BCUT2D eigenvalue weighted by Gasteiger charge is -1.86. The molecule has 66 valence electrons. The lowest BCUT2D eigenvalue weighted by atomic mass is 10.4. The monoisotopic (exact) mass is 204 g/mol. The van der Waals surface area contributed by atoms with Crippen LogP contribution in [-0.4, -0.2) is 6.29 Å². The smallest absolute Gasteiger partial charge is 0.119 e. The predicted molar refractivity (Wildman–Crippen MR) is 52.8 cm³/mol. The Kier molecular flexibility index (Phi) is 6.82. The van der Waals surface area contributed by atoms with E-state index in [-0.39, 0.29) is 0 Å². The van der Waals surface area contributed by atoms with E-state index < -0.39 is 0 Å². The molecule has 0 unspecified atom stereocenters. The summed E-state index contributed by atoms with van der Waals surface area (Å²) in [6, 6.07) is 7.02. The van der Waals surface area contributed by atoms with Crippen molar-refractivity contribution in [1.82, 2.24) is 0 Å². The van der Waals surface area contributed by atoms with Crippen LogP contribution in [0, 0.1) is 0 Å². The summed E-state index contributed by atoms with van der Waals surface area (Å²) in [5, 5.41) is 1.43. The van der Waals surface area contributed by atoms with Gasteiger partial charge in [-0.25, -0.2) is 0 Å². The van der Waals surface area contributed by atoms with Gasteiger partial charge >= 0.3 is 0 Å². The maximum absolute atomic E-state index is 9.17. The van der Waals surface area contributed by atoms with Gasteiger partial charge in [-0.1, -0.05) is 30.1 Å². The molecular weight excluding hydrogens is 195 g/mol. The molecule has 0 N–H and O–H groups in total. The molecule has 0 bridgehead atoms. The zero-order chi connectivity index (χ0) is 9.40. The van der Waals surface area contributed by atoms with E-state index >= 15 is 0 Å². The summed E-state index contributed by atoms with van der Waals surface area (Å²) in [7, 11) is 0. The van der Waals surface area contributed by atoms with Crippen molar-refractivity contribution < 1.29 is 4.79 Å². The number of aldehydes is 1. The SMILES string of the molecule is CCC=O.Clc1ccc(Cl)cc1. The predicted octanol–water partition coefficient (Wildman–Crippen LogP) is 3.59. The molecule has 0 radical (unpaired) electrons. The second-order valence-electron chi connectivity index (χ2n) is 2.01. The van der Waals surface area contributed by atoms with E-state index in [1.807, 2.05) is 6.92 Å². The van der Waals surface area contributed by atoms with E-state index in [1.54, 1.807) is 24.3 Å². The Balaban J connectivity index is 0.000000261. The standard InChI is InChI=1S/C6H4Cl2.C3H6O/c7-5-1-2-6(8)4-3-5;1-2-3-4/h1-4H;3H,2H2,1H3. The summed E-state index contributed by atoms with van der Waals surface area (Å²) in [5.74, 6) is 0. The lowest BCUT2D eigenvalue weighted by molar-refractivity contribution is -0.107. The van der Waals surface area contributed by atoms with Crippen LogP contribution in [0.2, 0.25) is 10.0 Å². The molecular formula is C9H10Cl2O. The van der Waals surface area contributed by atoms with Gasteiger partial charge in [0.15, 0.2) is 0 Å². The average Bonchev–Trinajstić information content (AvgIpc) is 2.11. The Morgan fingerprint density at radius 2 is 1.42 bits per heavy atom. The first-order chi connectivity index (χ1) is 5.70. The lowest BCUT2D eigenvalue weighted by Crippen LogP contribution is -1.60. The molecule has 1 nitrogen and oxygen atoms in total. The molecule has 0 aliphatic heterocycles. The maximum atomic E-state index is 9.17. The highest BCUT2D eigenvalue weighted by molar-refractivity contribution is 6.32. The van der Waals surface area contributed by atoms with E-state index in [4.69, 9.17) is 23.2 Å². The van der Waals surface area contributed by atoms with E-state index in [0.29, 0.717) is 6.42 Å². The molecule has 0 atom stereocenters.